The van der Waals surface area contributed by atoms with Gasteiger partial charge in [0.25, 0.3) is 0 Å². The molecule has 0 radical (unpaired) electrons. The van der Waals surface area contributed by atoms with Crippen LogP contribution in [0.3, 0.4) is 0 Å². The Bertz CT molecular complexity index is 271. The van der Waals surface area contributed by atoms with Crippen LogP contribution in [-0.4, -0.2) is 16.8 Å². The predicted molar refractivity (Wildman–Crippen MR) is 50.2 cm³/mol. The van der Waals surface area contributed by atoms with E-state index in [9.17, 15) is 5.11 Å². The summed E-state index contributed by atoms with van der Waals surface area (Å²) in [7, 11) is 0. The van der Waals surface area contributed by atoms with Gasteiger partial charge in [-0.3, -0.25) is 0 Å². The van der Waals surface area contributed by atoms with Crippen LogP contribution in [0.25, 0.3) is 0 Å². The molecule has 0 aliphatic carbocycles. The molecule has 0 saturated carbocycles. The summed E-state index contributed by atoms with van der Waals surface area (Å²) < 4.78 is 5.27. The number of ether oxygens (including phenoxy) is 1. The number of hydrogen-bond acceptors (Lipinski definition) is 3. The van der Waals surface area contributed by atoms with Crippen LogP contribution < -0.4 is 4.74 Å². The van der Waals surface area contributed by atoms with Crippen LogP contribution in [0, 0.1) is 0 Å². The number of phenols is 2. The van der Waals surface area contributed by atoms with E-state index in [1.807, 2.05) is 0 Å². The van der Waals surface area contributed by atoms with E-state index in [-0.39, 0.29) is 11.5 Å². The lowest BCUT2D eigenvalue weighted by Gasteiger charge is -2.06. The molecule has 1 aromatic rings. The molecule has 0 aliphatic rings. The molecule has 0 aliphatic heterocycles. The van der Waals surface area contributed by atoms with Gasteiger partial charge in [0.1, 0.15) is 5.75 Å². The first-order valence-electron chi connectivity index (χ1n) is 4.39. The molecule has 1 rings (SSSR count). The zero-order chi connectivity index (χ0) is 9.68. The van der Waals surface area contributed by atoms with Crippen molar-refractivity contribution < 1.29 is 14.9 Å². The monoisotopic (exact) mass is 182 g/mol. The van der Waals surface area contributed by atoms with Crippen molar-refractivity contribution in [1.29, 1.82) is 0 Å². The molecule has 0 atom stereocenters. The van der Waals surface area contributed by atoms with Crippen molar-refractivity contribution >= 4 is 0 Å². The third-order valence-electron chi connectivity index (χ3n) is 1.70. The molecule has 0 bridgehead atoms. The van der Waals surface area contributed by atoms with E-state index in [0.29, 0.717) is 12.4 Å². The Morgan fingerprint density at radius 3 is 2.69 bits per heavy atom. The highest BCUT2D eigenvalue weighted by Crippen LogP contribution is 2.29. The summed E-state index contributed by atoms with van der Waals surface area (Å²) in [6, 6.07) is 4.31. The molecule has 3 heteroatoms. The lowest BCUT2D eigenvalue weighted by molar-refractivity contribution is 0.292. The number of aromatic hydroxyl groups is 2. The first-order chi connectivity index (χ1) is 6.24. The second kappa shape index (κ2) is 4.60. The zero-order valence-electron chi connectivity index (χ0n) is 7.66. The van der Waals surface area contributed by atoms with E-state index < -0.39 is 0 Å². The summed E-state index contributed by atoms with van der Waals surface area (Å²) in [5.74, 6) is 0.447. The maximum atomic E-state index is 9.31. The van der Waals surface area contributed by atoms with E-state index in [4.69, 9.17) is 9.84 Å². The number of unbranched alkanes of at least 4 members (excludes halogenated alkanes) is 1. The maximum absolute atomic E-state index is 9.31. The van der Waals surface area contributed by atoms with Crippen LogP contribution in [0.4, 0.5) is 0 Å². The predicted octanol–water partition coefficient (Wildman–Crippen LogP) is 2.28. The van der Waals surface area contributed by atoms with Gasteiger partial charge in [0.05, 0.1) is 6.61 Å². The molecule has 72 valence electrons. The second-order valence-electron chi connectivity index (χ2n) is 2.85. The fraction of sp³-hybridized carbons (Fsp3) is 0.400. The van der Waals surface area contributed by atoms with Crippen molar-refractivity contribution in [3.05, 3.63) is 18.2 Å². The van der Waals surface area contributed by atoms with Gasteiger partial charge in [0.15, 0.2) is 11.5 Å². The number of benzene rings is 1. The van der Waals surface area contributed by atoms with Crippen LogP contribution in [0.2, 0.25) is 0 Å². The van der Waals surface area contributed by atoms with Gasteiger partial charge in [-0.05, 0) is 18.6 Å². The Balaban J connectivity index is 2.56. The van der Waals surface area contributed by atoms with Crippen molar-refractivity contribution in [2.75, 3.05) is 6.61 Å². The Morgan fingerprint density at radius 1 is 1.31 bits per heavy atom. The summed E-state index contributed by atoms with van der Waals surface area (Å²) in [6.45, 7) is 2.66. The standard InChI is InChI=1S/C10H14O3/c1-2-3-6-13-10-5-4-8(11)7-9(10)12/h4-5,7,11-12H,2-3,6H2,1H3. The normalized spacial score (nSPS) is 9.92. The number of hydrogen-bond donors (Lipinski definition) is 2. The molecular formula is C10H14O3. The molecule has 0 saturated heterocycles. The Hall–Kier alpha value is -1.38. The van der Waals surface area contributed by atoms with Crippen molar-refractivity contribution in [3.63, 3.8) is 0 Å². The quantitative estimate of drug-likeness (QED) is 0.702. The summed E-state index contributed by atoms with van der Waals surface area (Å²) >= 11 is 0. The minimum atomic E-state index is -0.0175. The summed E-state index contributed by atoms with van der Waals surface area (Å²) in [6.07, 6.45) is 2.01. The molecule has 13 heavy (non-hydrogen) atoms. The molecule has 0 unspecified atom stereocenters. The third-order valence-corrected chi connectivity index (χ3v) is 1.70. The Morgan fingerprint density at radius 2 is 2.08 bits per heavy atom. The molecule has 0 heterocycles. The summed E-state index contributed by atoms with van der Waals surface area (Å²) in [5.41, 5.74) is 0. The largest absolute Gasteiger partial charge is 0.508 e. The van der Waals surface area contributed by atoms with E-state index in [0.717, 1.165) is 12.8 Å². The maximum Gasteiger partial charge on any atom is 0.161 e. The van der Waals surface area contributed by atoms with E-state index in [2.05, 4.69) is 6.92 Å². The van der Waals surface area contributed by atoms with E-state index in [1.54, 1.807) is 6.07 Å². The molecule has 2 N–H and O–H groups in total. The molecule has 1 aromatic carbocycles. The van der Waals surface area contributed by atoms with Crippen LogP contribution >= 0.6 is 0 Å². The van der Waals surface area contributed by atoms with E-state index in [1.165, 1.54) is 12.1 Å². The molecule has 3 nitrogen and oxygen atoms in total. The second-order valence-corrected chi connectivity index (χ2v) is 2.85. The minimum Gasteiger partial charge on any atom is -0.508 e. The van der Waals surface area contributed by atoms with E-state index >= 15 is 0 Å². The van der Waals surface area contributed by atoms with Gasteiger partial charge in [-0.2, -0.15) is 0 Å². The van der Waals surface area contributed by atoms with Gasteiger partial charge in [-0.1, -0.05) is 13.3 Å². The van der Waals surface area contributed by atoms with Crippen LogP contribution in [0.15, 0.2) is 18.2 Å². The highest BCUT2D eigenvalue weighted by atomic mass is 16.5. The number of rotatable bonds is 4. The van der Waals surface area contributed by atoms with Gasteiger partial charge in [0.2, 0.25) is 0 Å². The highest BCUT2D eigenvalue weighted by Gasteiger charge is 2.01. The molecule has 0 spiro atoms. The lowest BCUT2D eigenvalue weighted by Crippen LogP contribution is -1.96. The van der Waals surface area contributed by atoms with Crippen molar-refractivity contribution in [3.8, 4) is 17.2 Å². The Kier molecular flexibility index (Phi) is 3.43. The average molecular weight is 182 g/mol. The van der Waals surface area contributed by atoms with Crippen LogP contribution in [-0.2, 0) is 0 Å². The number of phenolic OH excluding ortho intramolecular Hbond substituents is 2. The summed E-state index contributed by atoms with van der Waals surface area (Å²) in [4.78, 5) is 0. The Labute approximate surface area is 77.6 Å². The highest BCUT2D eigenvalue weighted by molar-refractivity contribution is 5.43. The van der Waals surface area contributed by atoms with Gasteiger partial charge >= 0.3 is 0 Å². The first-order valence-corrected chi connectivity index (χ1v) is 4.39. The first kappa shape index (κ1) is 9.71. The SMILES string of the molecule is CCCCOc1ccc(O)cc1O. The fourth-order valence-corrected chi connectivity index (χ4v) is 0.954. The topological polar surface area (TPSA) is 49.7 Å². The van der Waals surface area contributed by atoms with Crippen molar-refractivity contribution in [2.24, 2.45) is 0 Å². The van der Waals surface area contributed by atoms with Crippen LogP contribution in [0.5, 0.6) is 17.2 Å². The van der Waals surface area contributed by atoms with Crippen LogP contribution in [0.1, 0.15) is 19.8 Å². The lowest BCUT2D eigenvalue weighted by atomic mass is 10.3. The van der Waals surface area contributed by atoms with Gasteiger partial charge in [-0.25, -0.2) is 0 Å². The average Bonchev–Trinajstić information content (AvgIpc) is 2.09. The van der Waals surface area contributed by atoms with Crippen molar-refractivity contribution in [1.82, 2.24) is 0 Å². The smallest absolute Gasteiger partial charge is 0.161 e. The minimum absolute atomic E-state index is 0.0175. The molecule has 0 fully saturated rings. The molecular weight excluding hydrogens is 168 g/mol. The molecule has 0 aromatic heterocycles. The van der Waals surface area contributed by atoms with Gasteiger partial charge in [0, 0.05) is 6.07 Å². The summed E-state index contributed by atoms with van der Waals surface area (Å²) in [5, 5.41) is 18.3. The molecule has 0 amide bonds. The third kappa shape index (κ3) is 2.86. The fourth-order valence-electron chi connectivity index (χ4n) is 0.954. The zero-order valence-corrected chi connectivity index (χ0v) is 7.66. The van der Waals surface area contributed by atoms with Crippen molar-refractivity contribution in [2.45, 2.75) is 19.8 Å². The van der Waals surface area contributed by atoms with Gasteiger partial charge in [-0.15, -0.1) is 0 Å². The van der Waals surface area contributed by atoms with Gasteiger partial charge < -0.3 is 14.9 Å².